The maximum atomic E-state index is 12.3. The summed E-state index contributed by atoms with van der Waals surface area (Å²) in [6, 6.07) is 1.11. The third-order valence-electron chi connectivity index (χ3n) is 4.55. The summed E-state index contributed by atoms with van der Waals surface area (Å²) in [5, 5.41) is 14.1. The van der Waals surface area contributed by atoms with Crippen LogP contribution in [0.5, 0.6) is 0 Å². The van der Waals surface area contributed by atoms with E-state index in [1.807, 2.05) is 6.07 Å². The number of amides is 3. The minimum absolute atomic E-state index is 0.0343. The van der Waals surface area contributed by atoms with Crippen molar-refractivity contribution in [2.45, 2.75) is 44.6 Å². The van der Waals surface area contributed by atoms with Gasteiger partial charge in [0.2, 0.25) is 5.91 Å². The van der Waals surface area contributed by atoms with Gasteiger partial charge in [0.05, 0.1) is 19.3 Å². The average Bonchev–Trinajstić information content (AvgIpc) is 2.60. The van der Waals surface area contributed by atoms with Crippen LogP contribution in [0.1, 0.15) is 38.5 Å². The normalized spacial score (nSPS) is 20.4. The highest BCUT2D eigenvalue weighted by Crippen LogP contribution is 2.27. The predicted octanol–water partition coefficient (Wildman–Crippen LogP) is 1.01. The molecule has 0 aromatic carbocycles. The second-order valence-electron chi connectivity index (χ2n) is 6.22. The lowest BCUT2D eigenvalue weighted by molar-refractivity contribution is -0.123. The Morgan fingerprint density at radius 1 is 1.22 bits per heavy atom. The molecule has 2 fully saturated rings. The molecule has 2 N–H and O–H groups in total. The number of carbonyl (C=O) groups excluding carboxylic acids is 2. The molecule has 2 aliphatic rings. The van der Waals surface area contributed by atoms with E-state index >= 15 is 0 Å². The van der Waals surface area contributed by atoms with E-state index in [1.165, 1.54) is 19.3 Å². The molecule has 1 saturated carbocycles. The SMILES string of the molecule is N#CCNC(=O)[C@H](CC1CCCCC1)NC(=O)N1CCOCC1. The smallest absolute Gasteiger partial charge is 0.318 e. The van der Waals surface area contributed by atoms with Gasteiger partial charge < -0.3 is 20.3 Å². The summed E-state index contributed by atoms with van der Waals surface area (Å²) >= 11 is 0. The Bertz CT molecular complexity index is 437. The second kappa shape index (κ2) is 9.36. The van der Waals surface area contributed by atoms with Crippen LogP contribution in [-0.4, -0.2) is 55.7 Å². The summed E-state index contributed by atoms with van der Waals surface area (Å²) in [7, 11) is 0. The van der Waals surface area contributed by atoms with Crippen molar-refractivity contribution in [1.82, 2.24) is 15.5 Å². The monoisotopic (exact) mass is 322 g/mol. The fraction of sp³-hybridized carbons (Fsp3) is 0.812. The lowest BCUT2D eigenvalue weighted by Crippen LogP contribution is -2.54. The number of ether oxygens (including phenoxy) is 1. The van der Waals surface area contributed by atoms with Crippen LogP contribution in [0.4, 0.5) is 4.79 Å². The third kappa shape index (κ3) is 5.71. The molecular weight excluding hydrogens is 296 g/mol. The third-order valence-corrected chi connectivity index (χ3v) is 4.55. The van der Waals surface area contributed by atoms with Gasteiger partial charge in [0, 0.05) is 13.1 Å². The quantitative estimate of drug-likeness (QED) is 0.739. The Labute approximate surface area is 137 Å². The summed E-state index contributed by atoms with van der Waals surface area (Å²) in [5.74, 6) is 0.199. The van der Waals surface area contributed by atoms with Gasteiger partial charge in [-0.15, -0.1) is 0 Å². The zero-order valence-corrected chi connectivity index (χ0v) is 13.6. The van der Waals surface area contributed by atoms with E-state index in [2.05, 4.69) is 10.6 Å². The first kappa shape index (κ1) is 17.5. The maximum Gasteiger partial charge on any atom is 0.318 e. The summed E-state index contributed by atoms with van der Waals surface area (Å²) in [6.07, 6.45) is 6.49. The molecule has 0 aromatic heterocycles. The Morgan fingerprint density at radius 3 is 2.57 bits per heavy atom. The van der Waals surface area contributed by atoms with Gasteiger partial charge in [-0.1, -0.05) is 32.1 Å². The molecular formula is C16H26N4O3. The minimum atomic E-state index is -0.568. The number of urea groups is 1. The van der Waals surface area contributed by atoms with Crippen molar-refractivity contribution in [3.05, 3.63) is 0 Å². The zero-order chi connectivity index (χ0) is 16.5. The van der Waals surface area contributed by atoms with Crippen LogP contribution in [0.25, 0.3) is 0 Å². The van der Waals surface area contributed by atoms with Crippen LogP contribution in [0.2, 0.25) is 0 Å². The van der Waals surface area contributed by atoms with E-state index < -0.39 is 6.04 Å². The highest BCUT2D eigenvalue weighted by atomic mass is 16.5. The van der Waals surface area contributed by atoms with Crippen LogP contribution in [0.15, 0.2) is 0 Å². The first-order chi connectivity index (χ1) is 11.2. The molecule has 128 valence electrons. The Morgan fingerprint density at radius 2 is 1.91 bits per heavy atom. The van der Waals surface area contributed by atoms with E-state index in [4.69, 9.17) is 10.00 Å². The van der Waals surface area contributed by atoms with Gasteiger partial charge in [-0.25, -0.2) is 4.79 Å². The summed E-state index contributed by atoms with van der Waals surface area (Å²) in [6.45, 7) is 2.11. The molecule has 1 atom stereocenters. The van der Waals surface area contributed by atoms with Gasteiger partial charge >= 0.3 is 6.03 Å². The van der Waals surface area contributed by atoms with Crippen LogP contribution in [0.3, 0.4) is 0 Å². The lowest BCUT2D eigenvalue weighted by atomic mass is 9.84. The van der Waals surface area contributed by atoms with Crippen LogP contribution >= 0.6 is 0 Å². The molecule has 3 amide bonds. The van der Waals surface area contributed by atoms with Crippen LogP contribution in [0, 0.1) is 17.2 Å². The molecule has 1 aliphatic carbocycles. The first-order valence-corrected chi connectivity index (χ1v) is 8.48. The molecule has 2 rings (SSSR count). The minimum Gasteiger partial charge on any atom is -0.378 e. The highest BCUT2D eigenvalue weighted by Gasteiger charge is 2.27. The lowest BCUT2D eigenvalue weighted by Gasteiger charge is -2.31. The van der Waals surface area contributed by atoms with Gasteiger partial charge in [0.15, 0.2) is 0 Å². The van der Waals surface area contributed by atoms with Crippen LogP contribution < -0.4 is 10.6 Å². The number of hydrogen-bond donors (Lipinski definition) is 2. The van der Waals surface area contributed by atoms with Crippen molar-refractivity contribution < 1.29 is 14.3 Å². The molecule has 1 heterocycles. The number of nitrogens with one attached hydrogen (secondary N) is 2. The van der Waals surface area contributed by atoms with Crippen molar-refractivity contribution in [3.63, 3.8) is 0 Å². The summed E-state index contributed by atoms with van der Waals surface area (Å²) < 4.78 is 5.24. The number of nitriles is 1. The predicted molar refractivity (Wildman–Crippen MR) is 84.5 cm³/mol. The fourth-order valence-electron chi connectivity index (χ4n) is 3.24. The number of rotatable bonds is 5. The molecule has 0 spiro atoms. The standard InChI is InChI=1S/C16H26N4O3/c17-6-7-18-15(21)14(12-13-4-2-1-3-5-13)19-16(22)20-8-10-23-11-9-20/h13-14H,1-5,7-12H2,(H,18,21)(H,19,22)/t14-/m0/s1. The van der Waals surface area contributed by atoms with Gasteiger partial charge in [-0.2, -0.15) is 5.26 Å². The van der Waals surface area contributed by atoms with E-state index in [9.17, 15) is 9.59 Å². The Balaban J connectivity index is 1.92. The first-order valence-electron chi connectivity index (χ1n) is 8.48. The van der Waals surface area contributed by atoms with Gasteiger partial charge in [0.1, 0.15) is 12.6 Å². The zero-order valence-electron chi connectivity index (χ0n) is 13.6. The molecule has 7 nitrogen and oxygen atoms in total. The van der Waals surface area contributed by atoms with Crippen LogP contribution in [-0.2, 0) is 9.53 Å². The Hall–Kier alpha value is -1.81. The highest BCUT2D eigenvalue weighted by molar-refractivity contribution is 5.87. The molecule has 1 saturated heterocycles. The van der Waals surface area contributed by atoms with E-state index in [-0.39, 0.29) is 18.5 Å². The van der Waals surface area contributed by atoms with Gasteiger partial charge in [0.25, 0.3) is 0 Å². The number of nitrogens with zero attached hydrogens (tertiary/aromatic N) is 2. The number of carbonyl (C=O) groups is 2. The molecule has 1 aliphatic heterocycles. The molecule has 0 bridgehead atoms. The molecule has 0 unspecified atom stereocenters. The molecule has 0 radical (unpaired) electrons. The average molecular weight is 322 g/mol. The molecule has 7 heteroatoms. The van der Waals surface area contributed by atoms with Crippen molar-refractivity contribution in [1.29, 1.82) is 5.26 Å². The largest absolute Gasteiger partial charge is 0.378 e. The second-order valence-corrected chi connectivity index (χ2v) is 6.22. The van der Waals surface area contributed by atoms with Gasteiger partial charge in [-0.3, -0.25) is 4.79 Å². The maximum absolute atomic E-state index is 12.3. The van der Waals surface area contributed by atoms with Crippen molar-refractivity contribution in [2.24, 2.45) is 5.92 Å². The van der Waals surface area contributed by atoms with Gasteiger partial charge in [-0.05, 0) is 12.3 Å². The van der Waals surface area contributed by atoms with E-state index in [0.717, 1.165) is 12.8 Å². The molecule has 0 aromatic rings. The van der Waals surface area contributed by atoms with E-state index in [0.29, 0.717) is 38.6 Å². The fourth-order valence-corrected chi connectivity index (χ4v) is 3.24. The number of hydrogen-bond acceptors (Lipinski definition) is 4. The van der Waals surface area contributed by atoms with Crippen molar-refractivity contribution in [3.8, 4) is 6.07 Å². The van der Waals surface area contributed by atoms with Crippen molar-refractivity contribution >= 4 is 11.9 Å². The summed E-state index contributed by atoms with van der Waals surface area (Å²) in [5.41, 5.74) is 0. The van der Waals surface area contributed by atoms with E-state index in [1.54, 1.807) is 4.90 Å². The molecule has 23 heavy (non-hydrogen) atoms. The number of morpholine rings is 1. The summed E-state index contributed by atoms with van der Waals surface area (Å²) in [4.78, 5) is 26.3. The Kier molecular flexibility index (Phi) is 7.14. The topological polar surface area (TPSA) is 94.5 Å². The van der Waals surface area contributed by atoms with Crippen molar-refractivity contribution in [2.75, 3.05) is 32.8 Å².